The molecule has 0 fully saturated rings. The first kappa shape index (κ1) is 26.5. The van der Waals surface area contributed by atoms with Crippen molar-refractivity contribution in [3.63, 3.8) is 0 Å². The Bertz CT molecular complexity index is 1100. The first-order valence-electron chi connectivity index (χ1n) is 12.3. The molecule has 4 nitrogen and oxygen atoms in total. The first-order valence-corrected chi connectivity index (χ1v) is 12.7. The molecule has 3 aromatic rings. The Morgan fingerprint density at radius 2 is 1.60 bits per heavy atom. The van der Waals surface area contributed by atoms with Gasteiger partial charge in [-0.1, -0.05) is 90.8 Å². The van der Waals surface area contributed by atoms with Crippen LogP contribution in [-0.2, 0) is 29.0 Å². The third kappa shape index (κ3) is 8.25. The van der Waals surface area contributed by atoms with Crippen molar-refractivity contribution in [3.8, 4) is 0 Å². The zero-order valence-corrected chi connectivity index (χ0v) is 21.6. The van der Waals surface area contributed by atoms with Gasteiger partial charge >= 0.3 is 0 Å². The number of benzene rings is 3. The van der Waals surface area contributed by atoms with Gasteiger partial charge in [-0.2, -0.15) is 0 Å². The number of carbonyl (C=O) groups is 2. The van der Waals surface area contributed by atoms with Crippen LogP contribution in [0.2, 0.25) is 5.02 Å². The Morgan fingerprint density at radius 3 is 2.26 bits per heavy atom. The lowest BCUT2D eigenvalue weighted by Gasteiger charge is -2.32. The molecule has 0 spiro atoms. The number of carbonyl (C=O) groups excluding carboxylic acids is 2. The van der Waals surface area contributed by atoms with E-state index >= 15 is 0 Å². The molecule has 0 aliphatic carbocycles. The van der Waals surface area contributed by atoms with Crippen molar-refractivity contribution in [3.05, 3.63) is 106 Å². The second-order valence-electron chi connectivity index (χ2n) is 9.16. The van der Waals surface area contributed by atoms with E-state index in [2.05, 4.69) is 29.6 Å². The standard InChI is InChI=1S/C30H35ClN2O2/c1-4-23(3)32-30(35)28(20-25-9-6-5-7-10-25)33(21-26-11-8-12-27(31)19-26)29(34)18-17-24-15-13-22(2)14-16-24/h5-16,19,23,28H,4,17-18,20-21H2,1-3H3,(H,32,35)/t23-,28+/m1/s1. The van der Waals surface area contributed by atoms with Crippen molar-refractivity contribution in [1.29, 1.82) is 0 Å². The van der Waals surface area contributed by atoms with Gasteiger partial charge in [-0.3, -0.25) is 9.59 Å². The van der Waals surface area contributed by atoms with Gasteiger partial charge in [0.15, 0.2) is 0 Å². The molecule has 5 heteroatoms. The molecule has 35 heavy (non-hydrogen) atoms. The molecule has 2 amide bonds. The quantitative estimate of drug-likeness (QED) is 0.351. The maximum Gasteiger partial charge on any atom is 0.243 e. The van der Waals surface area contributed by atoms with Crippen LogP contribution in [0.1, 0.15) is 48.9 Å². The molecule has 0 aliphatic rings. The molecule has 0 bridgehead atoms. The minimum atomic E-state index is -0.629. The second kappa shape index (κ2) is 13.1. The minimum Gasteiger partial charge on any atom is -0.352 e. The highest BCUT2D eigenvalue weighted by Crippen LogP contribution is 2.19. The molecule has 3 rings (SSSR count). The molecule has 0 saturated heterocycles. The summed E-state index contributed by atoms with van der Waals surface area (Å²) in [5.74, 6) is -0.181. The normalized spacial score (nSPS) is 12.6. The van der Waals surface area contributed by atoms with Crippen molar-refractivity contribution in [2.24, 2.45) is 0 Å². The van der Waals surface area contributed by atoms with E-state index in [4.69, 9.17) is 11.6 Å². The van der Waals surface area contributed by atoms with E-state index in [1.54, 1.807) is 4.90 Å². The molecule has 3 aromatic carbocycles. The molecule has 0 radical (unpaired) electrons. The molecule has 1 N–H and O–H groups in total. The minimum absolute atomic E-state index is 0.0245. The molecule has 184 valence electrons. The maximum absolute atomic E-state index is 13.7. The van der Waals surface area contributed by atoms with Crippen LogP contribution in [0.5, 0.6) is 0 Å². The lowest BCUT2D eigenvalue weighted by Crippen LogP contribution is -2.52. The fourth-order valence-corrected chi connectivity index (χ4v) is 4.19. The van der Waals surface area contributed by atoms with Gasteiger partial charge in [0, 0.05) is 30.5 Å². The van der Waals surface area contributed by atoms with E-state index in [1.165, 1.54) is 5.56 Å². The predicted octanol–water partition coefficient (Wildman–Crippen LogP) is 6.14. The highest BCUT2D eigenvalue weighted by Gasteiger charge is 2.30. The average molecular weight is 491 g/mol. The van der Waals surface area contributed by atoms with Gasteiger partial charge in [0.2, 0.25) is 11.8 Å². The van der Waals surface area contributed by atoms with Crippen molar-refractivity contribution in [2.45, 2.75) is 65.1 Å². The maximum atomic E-state index is 13.7. The van der Waals surface area contributed by atoms with Gasteiger partial charge in [0.25, 0.3) is 0 Å². The summed E-state index contributed by atoms with van der Waals surface area (Å²) in [6, 6.07) is 25.0. The summed E-state index contributed by atoms with van der Waals surface area (Å²) in [7, 11) is 0. The monoisotopic (exact) mass is 490 g/mol. The summed E-state index contributed by atoms with van der Waals surface area (Å²) in [5.41, 5.74) is 4.21. The van der Waals surface area contributed by atoms with E-state index in [1.807, 2.05) is 75.4 Å². The van der Waals surface area contributed by atoms with Gasteiger partial charge in [0.1, 0.15) is 6.04 Å². The van der Waals surface area contributed by atoms with Gasteiger partial charge in [-0.25, -0.2) is 0 Å². The van der Waals surface area contributed by atoms with Crippen molar-refractivity contribution in [1.82, 2.24) is 10.2 Å². The zero-order valence-electron chi connectivity index (χ0n) is 20.8. The van der Waals surface area contributed by atoms with Crippen LogP contribution in [0.4, 0.5) is 0 Å². The van der Waals surface area contributed by atoms with Crippen molar-refractivity contribution in [2.75, 3.05) is 0 Å². The van der Waals surface area contributed by atoms with Crippen molar-refractivity contribution >= 4 is 23.4 Å². The highest BCUT2D eigenvalue weighted by atomic mass is 35.5. The SMILES string of the molecule is CC[C@@H](C)NC(=O)[C@H](Cc1ccccc1)N(Cc1cccc(Cl)c1)C(=O)CCc1ccc(C)cc1. The summed E-state index contributed by atoms with van der Waals surface area (Å²) >= 11 is 6.24. The predicted molar refractivity (Wildman–Crippen MR) is 143 cm³/mol. The van der Waals surface area contributed by atoms with Crippen LogP contribution < -0.4 is 5.32 Å². The lowest BCUT2D eigenvalue weighted by molar-refractivity contribution is -0.141. The Kier molecular flexibility index (Phi) is 9.92. The number of amides is 2. The summed E-state index contributed by atoms with van der Waals surface area (Å²) in [5, 5.41) is 3.71. The van der Waals surface area contributed by atoms with Crippen LogP contribution in [-0.4, -0.2) is 28.8 Å². The van der Waals surface area contributed by atoms with E-state index in [9.17, 15) is 9.59 Å². The highest BCUT2D eigenvalue weighted by molar-refractivity contribution is 6.30. The smallest absolute Gasteiger partial charge is 0.243 e. The zero-order chi connectivity index (χ0) is 25.2. The van der Waals surface area contributed by atoms with Crippen LogP contribution >= 0.6 is 11.6 Å². The van der Waals surface area contributed by atoms with E-state index in [-0.39, 0.29) is 17.9 Å². The molecule has 0 aliphatic heterocycles. The third-order valence-electron chi connectivity index (χ3n) is 6.26. The molecule has 2 atom stereocenters. The van der Waals surface area contributed by atoms with Gasteiger partial charge < -0.3 is 10.2 Å². The molecular weight excluding hydrogens is 456 g/mol. The lowest BCUT2D eigenvalue weighted by atomic mass is 10.0. The number of rotatable bonds is 11. The van der Waals surface area contributed by atoms with Crippen LogP contribution in [0, 0.1) is 6.92 Å². The largest absolute Gasteiger partial charge is 0.352 e. The van der Waals surface area contributed by atoms with Crippen LogP contribution in [0.25, 0.3) is 0 Å². The van der Waals surface area contributed by atoms with Gasteiger partial charge in [0.05, 0.1) is 0 Å². The summed E-state index contributed by atoms with van der Waals surface area (Å²) < 4.78 is 0. The number of nitrogens with one attached hydrogen (secondary N) is 1. The van der Waals surface area contributed by atoms with E-state index < -0.39 is 6.04 Å². The summed E-state index contributed by atoms with van der Waals surface area (Å²) in [6.07, 6.45) is 2.21. The fourth-order valence-electron chi connectivity index (χ4n) is 3.98. The van der Waals surface area contributed by atoms with E-state index in [0.717, 1.165) is 23.1 Å². The summed E-state index contributed by atoms with van der Waals surface area (Å²) in [4.78, 5) is 28.9. The van der Waals surface area contributed by atoms with E-state index in [0.29, 0.717) is 30.8 Å². The van der Waals surface area contributed by atoms with Crippen LogP contribution in [0.15, 0.2) is 78.9 Å². The topological polar surface area (TPSA) is 49.4 Å². The number of hydrogen-bond donors (Lipinski definition) is 1. The molecule has 0 saturated carbocycles. The van der Waals surface area contributed by atoms with Gasteiger partial charge in [-0.05, 0) is 55.5 Å². The first-order chi connectivity index (χ1) is 16.9. The fraction of sp³-hybridized carbons (Fsp3) is 0.333. The third-order valence-corrected chi connectivity index (χ3v) is 6.50. The summed E-state index contributed by atoms with van der Waals surface area (Å²) in [6.45, 7) is 6.38. The Balaban J connectivity index is 1.90. The second-order valence-corrected chi connectivity index (χ2v) is 9.60. The Morgan fingerprint density at radius 1 is 0.914 bits per heavy atom. The van der Waals surface area contributed by atoms with Crippen LogP contribution in [0.3, 0.4) is 0 Å². The number of nitrogens with zero attached hydrogens (tertiary/aromatic N) is 1. The number of aryl methyl sites for hydroxylation is 2. The Hall–Kier alpha value is -3.11. The number of halogens is 1. The molecule has 0 aromatic heterocycles. The van der Waals surface area contributed by atoms with Crippen molar-refractivity contribution < 1.29 is 9.59 Å². The average Bonchev–Trinajstić information content (AvgIpc) is 2.86. The van der Waals surface area contributed by atoms with Gasteiger partial charge in [-0.15, -0.1) is 0 Å². The molecule has 0 heterocycles. The molecule has 0 unspecified atom stereocenters. The Labute approximate surface area is 214 Å². The number of hydrogen-bond acceptors (Lipinski definition) is 2. The molecular formula is C30H35ClN2O2.